The highest BCUT2D eigenvalue weighted by Crippen LogP contribution is 2.47. The largest absolute Gasteiger partial charge is 0.465 e. The van der Waals surface area contributed by atoms with Gasteiger partial charge in [0.25, 0.3) is 0 Å². The van der Waals surface area contributed by atoms with Gasteiger partial charge in [-0.1, -0.05) is 17.8 Å². The topological polar surface area (TPSA) is 84.0 Å². The number of fused-ring (bicyclic) bond motifs is 1. The molecule has 0 radical (unpaired) electrons. The summed E-state index contributed by atoms with van der Waals surface area (Å²) in [5.74, 6) is -1.74. The standard InChI is InChI=1S/C19H25NO6S/c1-5-23-18(22)17(27-14-8-6-7-9-20-14)12-10-13(24-11(2)21)16-15(12)25-19(3,4)26-16/h6-9,12-13,15-17H,5,10H2,1-4H3/t12-,13+,15-,16+,17?/m0/s1. The van der Waals surface area contributed by atoms with E-state index < -0.39 is 23.2 Å². The van der Waals surface area contributed by atoms with Gasteiger partial charge in [0.15, 0.2) is 5.79 Å². The molecule has 1 aliphatic carbocycles. The highest BCUT2D eigenvalue weighted by Gasteiger charge is 2.58. The normalized spacial score (nSPS) is 29.8. The lowest BCUT2D eigenvalue weighted by Crippen LogP contribution is -2.37. The lowest BCUT2D eigenvalue weighted by atomic mass is 10.0. The lowest BCUT2D eigenvalue weighted by Gasteiger charge is -2.27. The number of thioether (sulfide) groups is 1. The number of ether oxygens (including phenoxy) is 4. The van der Waals surface area contributed by atoms with Crippen molar-refractivity contribution in [2.75, 3.05) is 6.61 Å². The number of hydrogen-bond donors (Lipinski definition) is 0. The molecule has 1 saturated carbocycles. The molecule has 1 saturated heterocycles. The highest BCUT2D eigenvalue weighted by molar-refractivity contribution is 8.00. The fourth-order valence-electron chi connectivity index (χ4n) is 3.68. The van der Waals surface area contributed by atoms with E-state index in [4.69, 9.17) is 18.9 Å². The molecule has 2 fully saturated rings. The van der Waals surface area contributed by atoms with Crippen LogP contribution in [-0.2, 0) is 28.5 Å². The van der Waals surface area contributed by atoms with Crippen LogP contribution < -0.4 is 0 Å². The Morgan fingerprint density at radius 1 is 1.33 bits per heavy atom. The third kappa shape index (κ3) is 4.62. The Labute approximate surface area is 163 Å². The van der Waals surface area contributed by atoms with Crippen LogP contribution in [0.5, 0.6) is 0 Å². The van der Waals surface area contributed by atoms with Crippen molar-refractivity contribution in [2.24, 2.45) is 5.92 Å². The Morgan fingerprint density at radius 3 is 2.70 bits per heavy atom. The molecule has 0 spiro atoms. The van der Waals surface area contributed by atoms with Crippen molar-refractivity contribution in [1.82, 2.24) is 4.98 Å². The molecule has 7 nitrogen and oxygen atoms in total. The minimum absolute atomic E-state index is 0.229. The molecule has 0 N–H and O–H groups in total. The summed E-state index contributed by atoms with van der Waals surface area (Å²) in [5, 5.41) is 0.187. The van der Waals surface area contributed by atoms with Crippen LogP contribution >= 0.6 is 11.8 Å². The van der Waals surface area contributed by atoms with Gasteiger partial charge in [0.05, 0.1) is 17.7 Å². The highest BCUT2D eigenvalue weighted by atomic mass is 32.2. The zero-order valence-electron chi connectivity index (χ0n) is 15.9. The first-order valence-electron chi connectivity index (χ1n) is 9.08. The van der Waals surface area contributed by atoms with Crippen molar-refractivity contribution >= 4 is 23.7 Å². The summed E-state index contributed by atoms with van der Waals surface area (Å²) in [5.41, 5.74) is 0. The molecule has 5 atom stereocenters. The van der Waals surface area contributed by atoms with E-state index in [0.717, 1.165) is 5.03 Å². The summed E-state index contributed by atoms with van der Waals surface area (Å²) < 4.78 is 22.9. The van der Waals surface area contributed by atoms with Crippen molar-refractivity contribution in [3.8, 4) is 0 Å². The third-order valence-electron chi connectivity index (χ3n) is 4.57. The Hall–Kier alpha value is -1.64. The molecule has 2 heterocycles. The molecule has 0 bridgehead atoms. The number of carbonyl (C=O) groups excluding carboxylic acids is 2. The van der Waals surface area contributed by atoms with Crippen LogP contribution in [-0.4, -0.2) is 52.9 Å². The average molecular weight is 395 g/mol. The van der Waals surface area contributed by atoms with Gasteiger partial charge < -0.3 is 18.9 Å². The van der Waals surface area contributed by atoms with Crippen molar-refractivity contribution < 1.29 is 28.5 Å². The lowest BCUT2D eigenvalue weighted by molar-refractivity contribution is -0.178. The first-order valence-corrected chi connectivity index (χ1v) is 9.96. The predicted octanol–water partition coefficient (Wildman–Crippen LogP) is 2.58. The molecular formula is C19H25NO6S. The Bertz CT molecular complexity index is 682. The first-order chi connectivity index (χ1) is 12.8. The Kier molecular flexibility index (Phi) is 6.08. The summed E-state index contributed by atoms with van der Waals surface area (Å²) >= 11 is 1.34. The second kappa shape index (κ2) is 8.16. The average Bonchev–Trinajstić information content (AvgIpc) is 3.07. The summed E-state index contributed by atoms with van der Waals surface area (Å²) in [7, 11) is 0. The zero-order valence-corrected chi connectivity index (χ0v) is 16.7. The maximum atomic E-state index is 12.7. The number of rotatable bonds is 6. The minimum atomic E-state index is -0.804. The van der Waals surface area contributed by atoms with E-state index in [1.54, 1.807) is 13.1 Å². The van der Waals surface area contributed by atoms with E-state index in [9.17, 15) is 9.59 Å². The van der Waals surface area contributed by atoms with Crippen molar-refractivity contribution in [3.63, 3.8) is 0 Å². The van der Waals surface area contributed by atoms with Crippen LogP contribution in [0.4, 0.5) is 0 Å². The van der Waals surface area contributed by atoms with Crippen molar-refractivity contribution in [3.05, 3.63) is 24.4 Å². The monoisotopic (exact) mass is 395 g/mol. The first kappa shape index (κ1) is 20.1. The van der Waals surface area contributed by atoms with E-state index >= 15 is 0 Å². The molecule has 2 aliphatic rings. The molecule has 1 aliphatic heterocycles. The van der Waals surface area contributed by atoms with Crippen LogP contribution in [0.25, 0.3) is 0 Å². The van der Waals surface area contributed by atoms with Gasteiger partial charge in [0, 0.05) is 19.0 Å². The fourth-order valence-corrected chi connectivity index (χ4v) is 4.82. The number of hydrogen-bond acceptors (Lipinski definition) is 8. The van der Waals surface area contributed by atoms with Gasteiger partial charge in [-0.05, 0) is 39.3 Å². The van der Waals surface area contributed by atoms with Crippen molar-refractivity contribution in [1.29, 1.82) is 0 Å². The molecule has 3 rings (SSSR count). The van der Waals surface area contributed by atoms with E-state index in [2.05, 4.69) is 4.98 Å². The molecule has 27 heavy (non-hydrogen) atoms. The number of pyridine rings is 1. The maximum absolute atomic E-state index is 12.7. The van der Waals surface area contributed by atoms with Crippen LogP contribution in [0.3, 0.4) is 0 Å². The summed E-state index contributed by atoms with van der Waals surface area (Å²) in [6.07, 6.45) is 0.918. The van der Waals surface area contributed by atoms with E-state index in [-0.39, 0.29) is 30.6 Å². The molecule has 0 amide bonds. The van der Waals surface area contributed by atoms with Gasteiger partial charge >= 0.3 is 11.9 Å². The molecule has 8 heteroatoms. The van der Waals surface area contributed by atoms with E-state index in [1.807, 2.05) is 32.0 Å². The van der Waals surface area contributed by atoms with Gasteiger partial charge in [0.1, 0.15) is 17.5 Å². The van der Waals surface area contributed by atoms with E-state index in [0.29, 0.717) is 6.42 Å². The molecular weight excluding hydrogens is 370 g/mol. The number of aromatic nitrogens is 1. The number of esters is 2. The SMILES string of the molecule is CCOC(=O)C(Sc1ccccn1)[C@H]1C[C@@H](OC(C)=O)[C@H]2OC(C)(C)O[C@H]21. The summed E-state index contributed by atoms with van der Waals surface area (Å²) in [6, 6.07) is 5.54. The third-order valence-corrected chi connectivity index (χ3v) is 5.85. The Balaban J connectivity index is 1.87. The molecule has 0 aromatic carbocycles. The van der Waals surface area contributed by atoms with Gasteiger partial charge in [0.2, 0.25) is 0 Å². The van der Waals surface area contributed by atoms with Gasteiger partial charge in [-0.3, -0.25) is 9.59 Å². The number of carbonyl (C=O) groups is 2. The second-order valence-electron chi connectivity index (χ2n) is 7.07. The van der Waals surface area contributed by atoms with Crippen LogP contribution in [0.2, 0.25) is 0 Å². The quantitative estimate of drug-likeness (QED) is 0.537. The number of nitrogens with zero attached hydrogens (tertiary/aromatic N) is 1. The maximum Gasteiger partial charge on any atom is 0.319 e. The molecule has 1 aromatic rings. The van der Waals surface area contributed by atoms with E-state index in [1.165, 1.54) is 18.7 Å². The van der Waals surface area contributed by atoms with Crippen LogP contribution in [0, 0.1) is 5.92 Å². The van der Waals surface area contributed by atoms with Crippen molar-refractivity contribution in [2.45, 2.75) is 68.5 Å². The zero-order chi connectivity index (χ0) is 19.6. The Morgan fingerprint density at radius 2 is 2.07 bits per heavy atom. The molecule has 148 valence electrons. The van der Waals surface area contributed by atoms with Gasteiger partial charge in [-0.2, -0.15) is 0 Å². The predicted molar refractivity (Wildman–Crippen MR) is 98.0 cm³/mol. The van der Waals surface area contributed by atoms with Crippen LogP contribution in [0.1, 0.15) is 34.1 Å². The van der Waals surface area contributed by atoms with Crippen LogP contribution in [0.15, 0.2) is 29.4 Å². The smallest absolute Gasteiger partial charge is 0.319 e. The fraction of sp³-hybridized carbons (Fsp3) is 0.632. The van der Waals surface area contributed by atoms with Gasteiger partial charge in [-0.15, -0.1) is 0 Å². The summed E-state index contributed by atoms with van der Waals surface area (Å²) in [4.78, 5) is 28.6. The van der Waals surface area contributed by atoms with Gasteiger partial charge in [-0.25, -0.2) is 4.98 Å². The molecule has 1 aromatic heterocycles. The second-order valence-corrected chi connectivity index (χ2v) is 8.23. The molecule has 1 unspecified atom stereocenters. The minimum Gasteiger partial charge on any atom is -0.465 e. The summed E-state index contributed by atoms with van der Waals surface area (Å²) in [6.45, 7) is 7.07.